The van der Waals surface area contributed by atoms with Gasteiger partial charge in [-0.3, -0.25) is 0 Å². The van der Waals surface area contributed by atoms with E-state index in [0.29, 0.717) is 23.7 Å². The standard InChI is InChI=1S/C22H27BN4O2/c28-22-4-2-14-8-13(10-22)9-15(11-22)18(14)20-19-16-3-5-24-21(16)25-12-17(19)23-27(26-20)6-1-7-29-23/h3,5,12-15,18,28H,1-2,4,6-11H2,(H,24,25)/t13?,14?,15?,18-,22+/m0/s1. The van der Waals surface area contributed by atoms with Crippen LogP contribution < -0.4 is 5.46 Å². The van der Waals surface area contributed by atoms with Crippen LogP contribution in [0.1, 0.15) is 50.5 Å². The molecule has 2 aromatic rings. The van der Waals surface area contributed by atoms with Crippen molar-refractivity contribution in [3.8, 4) is 0 Å². The third-order valence-corrected chi connectivity index (χ3v) is 8.35. The zero-order chi connectivity index (χ0) is 19.2. The van der Waals surface area contributed by atoms with Gasteiger partial charge in [0.25, 0.3) is 0 Å². The molecule has 3 unspecified atom stereocenters. The van der Waals surface area contributed by atoms with Gasteiger partial charge in [-0.05, 0) is 68.8 Å². The number of nitrogens with zero attached hydrogens (tertiary/aromatic N) is 3. The topological polar surface area (TPSA) is 73.7 Å². The van der Waals surface area contributed by atoms with Crippen LogP contribution in [0.2, 0.25) is 0 Å². The number of hydrogen-bond acceptors (Lipinski definition) is 5. The molecule has 150 valence electrons. The Morgan fingerprint density at radius 3 is 3.17 bits per heavy atom. The minimum atomic E-state index is -0.437. The summed E-state index contributed by atoms with van der Waals surface area (Å²) in [6, 6.07) is 2.15. The summed E-state index contributed by atoms with van der Waals surface area (Å²) in [7, 11) is -0.113. The van der Waals surface area contributed by atoms with Gasteiger partial charge in [0.1, 0.15) is 5.65 Å². The summed E-state index contributed by atoms with van der Waals surface area (Å²) >= 11 is 0. The van der Waals surface area contributed by atoms with E-state index in [9.17, 15) is 5.11 Å². The fraction of sp³-hybridized carbons (Fsp3) is 0.636. The van der Waals surface area contributed by atoms with Crippen LogP contribution in [0.15, 0.2) is 23.6 Å². The molecule has 6 nitrogen and oxygen atoms in total. The molecule has 5 fully saturated rings. The molecule has 2 N–H and O–H groups in total. The monoisotopic (exact) mass is 390 g/mol. The number of aromatic amines is 1. The molecule has 4 heterocycles. The van der Waals surface area contributed by atoms with Crippen molar-refractivity contribution >= 4 is 29.3 Å². The Labute approximate surface area is 170 Å². The smallest absolute Gasteiger partial charge is 0.412 e. The third-order valence-electron chi connectivity index (χ3n) is 8.35. The molecule has 0 aromatic carbocycles. The Hall–Kier alpha value is -1.86. The maximum atomic E-state index is 11.2. The average Bonchev–Trinajstić information content (AvgIpc) is 3.13. The highest BCUT2D eigenvalue weighted by Gasteiger charge is 2.54. The summed E-state index contributed by atoms with van der Waals surface area (Å²) in [6.07, 6.45) is 11.6. The molecule has 2 aliphatic heterocycles. The van der Waals surface area contributed by atoms with Gasteiger partial charge in [0.2, 0.25) is 0 Å². The van der Waals surface area contributed by atoms with Gasteiger partial charge >= 0.3 is 7.05 Å². The lowest BCUT2D eigenvalue weighted by Gasteiger charge is -2.48. The zero-order valence-corrected chi connectivity index (χ0v) is 16.7. The molecule has 0 radical (unpaired) electrons. The highest BCUT2D eigenvalue weighted by molar-refractivity contribution is 6.67. The van der Waals surface area contributed by atoms with Crippen molar-refractivity contribution in [1.82, 2.24) is 14.9 Å². The van der Waals surface area contributed by atoms with E-state index in [1.807, 2.05) is 12.4 Å². The van der Waals surface area contributed by atoms with Crippen LogP contribution in [-0.2, 0) is 4.65 Å². The van der Waals surface area contributed by atoms with Gasteiger partial charge in [0, 0.05) is 47.9 Å². The van der Waals surface area contributed by atoms with Crippen LogP contribution in [0.4, 0.5) is 0 Å². The Bertz CT molecular complexity index is 1020. The second kappa shape index (κ2) is 5.85. The van der Waals surface area contributed by atoms with Crippen LogP contribution in [-0.4, -0.2) is 51.5 Å². The van der Waals surface area contributed by atoms with E-state index in [0.717, 1.165) is 50.9 Å². The van der Waals surface area contributed by atoms with E-state index >= 15 is 0 Å². The Kier molecular flexibility index (Phi) is 3.41. The van der Waals surface area contributed by atoms with E-state index in [2.05, 4.69) is 21.0 Å². The van der Waals surface area contributed by atoms with Gasteiger partial charge in [0.05, 0.1) is 11.3 Å². The highest BCUT2D eigenvalue weighted by atomic mass is 16.4. The maximum Gasteiger partial charge on any atom is 0.471 e. The van der Waals surface area contributed by atoms with Gasteiger partial charge in [-0.15, -0.1) is 0 Å². The van der Waals surface area contributed by atoms with E-state index in [1.54, 1.807) is 0 Å². The normalized spacial score (nSPS) is 38.0. The van der Waals surface area contributed by atoms with Crippen molar-refractivity contribution in [3.05, 3.63) is 24.0 Å². The SMILES string of the molecule is O[C@@]12CCC3CC(CC(C1)[C@H]3C1=NN3CCCOB3c3cnc4[nH]ccc4c31)C2. The number of rotatable bonds is 1. The van der Waals surface area contributed by atoms with E-state index in [1.165, 1.54) is 35.0 Å². The van der Waals surface area contributed by atoms with Gasteiger partial charge in [-0.2, -0.15) is 5.10 Å². The van der Waals surface area contributed by atoms with Crippen LogP contribution in [0.3, 0.4) is 0 Å². The summed E-state index contributed by atoms with van der Waals surface area (Å²) < 4.78 is 6.16. The molecule has 0 spiro atoms. The molecule has 5 atom stereocenters. The fourth-order valence-electron chi connectivity index (χ4n) is 7.41. The molecule has 7 heteroatoms. The number of pyridine rings is 1. The van der Waals surface area contributed by atoms with Gasteiger partial charge in [-0.1, -0.05) is 0 Å². The summed E-state index contributed by atoms with van der Waals surface area (Å²) in [5.74, 6) is 2.30. The summed E-state index contributed by atoms with van der Waals surface area (Å²) in [5.41, 5.74) is 4.17. The molecule has 4 bridgehead atoms. The van der Waals surface area contributed by atoms with Gasteiger partial charge in [-0.25, -0.2) is 4.98 Å². The lowest BCUT2D eigenvalue weighted by molar-refractivity contribution is -0.0480. The molecule has 2 aromatic heterocycles. The minimum absolute atomic E-state index is 0.113. The summed E-state index contributed by atoms with van der Waals surface area (Å²) in [5, 5.41) is 17.7. The molecular weight excluding hydrogens is 363 g/mol. The first-order chi connectivity index (χ1) is 14.2. The van der Waals surface area contributed by atoms with Crippen LogP contribution in [0.25, 0.3) is 11.0 Å². The number of aromatic nitrogens is 2. The third kappa shape index (κ3) is 2.37. The van der Waals surface area contributed by atoms with E-state index in [4.69, 9.17) is 9.76 Å². The predicted molar refractivity (Wildman–Crippen MR) is 112 cm³/mol. The minimum Gasteiger partial charge on any atom is -0.412 e. The molecule has 1 saturated heterocycles. The van der Waals surface area contributed by atoms with Gasteiger partial charge in [0.15, 0.2) is 0 Å². The number of aliphatic hydroxyl groups is 1. The van der Waals surface area contributed by atoms with Crippen molar-refractivity contribution in [2.45, 2.75) is 50.5 Å². The molecule has 6 aliphatic rings. The fourth-order valence-corrected chi connectivity index (χ4v) is 7.41. The van der Waals surface area contributed by atoms with Gasteiger partial charge < -0.3 is 19.7 Å². The molecule has 8 rings (SSSR count). The molecule has 0 amide bonds. The summed E-state index contributed by atoms with van der Waals surface area (Å²) in [4.78, 5) is 10.1. The largest absolute Gasteiger partial charge is 0.471 e. The number of hydrazone groups is 1. The first-order valence-corrected chi connectivity index (χ1v) is 11.3. The zero-order valence-electron chi connectivity index (χ0n) is 16.7. The van der Waals surface area contributed by atoms with Crippen LogP contribution >= 0.6 is 0 Å². The second-order valence-corrected chi connectivity index (χ2v) is 10.1. The Morgan fingerprint density at radius 2 is 2.21 bits per heavy atom. The van der Waals surface area contributed by atoms with Crippen molar-refractivity contribution in [2.24, 2.45) is 28.8 Å². The Morgan fingerprint density at radius 1 is 1.28 bits per heavy atom. The van der Waals surface area contributed by atoms with Crippen molar-refractivity contribution in [3.63, 3.8) is 0 Å². The molecule has 29 heavy (non-hydrogen) atoms. The number of fused-ring (bicyclic) bond motifs is 6. The maximum absolute atomic E-state index is 11.2. The van der Waals surface area contributed by atoms with Crippen molar-refractivity contribution < 1.29 is 9.76 Å². The number of nitrogens with one attached hydrogen (secondary N) is 1. The van der Waals surface area contributed by atoms with E-state index in [-0.39, 0.29) is 7.05 Å². The summed E-state index contributed by atoms with van der Waals surface area (Å²) in [6.45, 7) is 1.72. The molecule has 4 aliphatic carbocycles. The second-order valence-electron chi connectivity index (χ2n) is 10.1. The number of H-pyrrole nitrogens is 1. The Balaban J connectivity index is 1.42. The quantitative estimate of drug-likeness (QED) is 0.733. The number of hydrogen-bond donors (Lipinski definition) is 2. The predicted octanol–water partition coefficient (Wildman–Crippen LogP) is 2.28. The van der Waals surface area contributed by atoms with E-state index < -0.39 is 5.60 Å². The molecular formula is C22H27BN4O2. The first-order valence-electron chi connectivity index (χ1n) is 11.3. The lowest BCUT2D eigenvalue weighted by atomic mass is 9.57. The average molecular weight is 390 g/mol. The highest BCUT2D eigenvalue weighted by Crippen LogP contribution is 2.56. The molecule has 4 saturated carbocycles. The van der Waals surface area contributed by atoms with Crippen molar-refractivity contribution in [2.75, 3.05) is 13.2 Å². The van der Waals surface area contributed by atoms with Crippen molar-refractivity contribution in [1.29, 1.82) is 0 Å². The lowest BCUT2D eigenvalue weighted by Crippen LogP contribution is -2.58. The van der Waals surface area contributed by atoms with Crippen LogP contribution in [0, 0.1) is 23.7 Å². The first kappa shape index (κ1) is 16.9. The van der Waals surface area contributed by atoms with Crippen LogP contribution in [0.5, 0.6) is 0 Å².